The molecule has 4 rings (SSSR count). The maximum atomic E-state index is 12.7. The minimum absolute atomic E-state index is 0.0329. The lowest BCUT2D eigenvalue weighted by Crippen LogP contribution is -2.43. The zero-order valence-corrected chi connectivity index (χ0v) is 18.5. The van der Waals surface area contributed by atoms with E-state index in [0.717, 1.165) is 25.9 Å². The molecule has 1 saturated carbocycles. The highest BCUT2D eigenvalue weighted by molar-refractivity contribution is 5.79. The molecule has 0 aromatic carbocycles. The van der Waals surface area contributed by atoms with Gasteiger partial charge in [0, 0.05) is 25.0 Å². The summed E-state index contributed by atoms with van der Waals surface area (Å²) in [6.45, 7) is 9.48. The summed E-state index contributed by atoms with van der Waals surface area (Å²) in [5.41, 5.74) is -0.355. The molecule has 0 spiro atoms. The van der Waals surface area contributed by atoms with Gasteiger partial charge in [-0.05, 0) is 51.6 Å². The standard InChI is InChI=1S/C22H35N5O3/c1-15(2)20(29)27-12-17-10-18(11-22(17,14-27)21-23-16(3)25-30-21)24-19(28)13-26-8-6-4-5-7-9-26/h15,17-18H,4-14H2,1-3H3,(H,24,28)/t17-,18+,22-/m0/s1. The second kappa shape index (κ2) is 8.65. The second-order valence-electron chi connectivity index (χ2n) is 9.77. The highest BCUT2D eigenvalue weighted by Gasteiger charge is 2.58. The quantitative estimate of drug-likeness (QED) is 0.787. The predicted molar refractivity (Wildman–Crippen MR) is 112 cm³/mol. The third-order valence-electron chi connectivity index (χ3n) is 7.07. The Bertz CT molecular complexity index is 771. The number of nitrogens with one attached hydrogen (secondary N) is 1. The SMILES string of the molecule is Cc1noc([C@]23C[C@H](NC(=O)CN4CCCCCC4)C[C@H]2CN(C(=O)C(C)C)C3)n1. The minimum Gasteiger partial charge on any atom is -0.352 e. The van der Waals surface area contributed by atoms with E-state index in [1.807, 2.05) is 25.7 Å². The van der Waals surface area contributed by atoms with Gasteiger partial charge in [-0.2, -0.15) is 4.98 Å². The lowest BCUT2D eigenvalue weighted by molar-refractivity contribution is -0.134. The molecule has 1 aromatic rings. The van der Waals surface area contributed by atoms with Crippen LogP contribution >= 0.6 is 0 Å². The van der Waals surface area contributed by atoms with Crippen molar-refractivity contribution in [2.45, 2.75) is 70.8 Å². The Balaban J connectivity index is 1.44. The van der Waals surface area contributed by atoms with Crippen LogP contribution in [0, 0.1) is 18.8 Å². The number of hydrogen-bond acceptors (Lipinski definition) is 6. The van der Waals surface area contributed by atoms with Gasteiger partial charge in [0.25, 0.3) is 0 Å². The van der Waals surface area contributed by atoms with Crippen LogP contribution in [-0.4, -0.2) is 70.5 Å². The Labute approximate surface area is 178 Å². The number of rotatable bonds is 5. The number of carbonyl (C=O) groups is 2. The number of carbonyl (C=O) groups excluding carboxylic acids is 2. The van der Waals surface area contributed by atoms with Crippen molar-refractivity contribution in [1.29, 1.82) is 0 Å². The maximum absolute atomic E-state index is 12.7. The van der Waals surface area contributed by atoms with E-state index in [0.29, 0.717) is 31.3 Å². The third kappa shape index (κ3) is 4.24. The largest absolute Gasteiger partial charge is 0.352 e. The molecular weight excluding hydrogens is 382 g/mol. The fraction of sp³-hybridized carbons (Fsp3) is 0.818. The van der Waals surface area contributed by atoms with Crippen molar-refractivity contribution in [3.05, 3.63) is 11.7 Å². The molecule has 1 aliphatic carbocycles. The molecule has 8 nitrogen and oxygen atoms in total. The molecule has 3 atom stereocenters. The molecule has 2 amide bonds. The molecule has 2 aliphatic heterocycles. The third-order valence-corrected chi connectivity index (χ3v) is 7.07. The van der Waals surface area contributed by atoms with Gasteiger partial charge in [0.2, 0.25) is 17.7 Å². The number of aryl methyl sites for hydroxylation is 1. The molecule has 30 heavy (non-hydrogen) atoms. The fourth-order valence-electron chi connectivity index (χ4n) is 5.62. The highest BCUT2D eigenvalue weighted by atomic mass is 16.5. The normalized spacial score (nSPS) is 29.8. The van der Waals surface area contributed by atoms with Crippen LogP contribution in [0.5, 0.6) is 0 Å². The van der Waals surface area contributed by atoms with Gasteiger partial charge in [0.05, 0.1) is 12.0 Å². The van der Waals surface area contributed by atoms with Crippen LogP contribution in [-0.2, 0) is 15.0 Å². The Kier molecular flexibility index (Phi) is 6.14. The molecule has 0 unspecified atom stereocenters. The second-order valence-corrected chi connectivity index (χ2v) is 9.77. The van der Waals surface area contributed by atoms with Crippen LogP contribution in [0.25, 0.3) is 0 Å². The Morgan fingerprint density at radius 1 is 1.23 bits per heavy atom. The van der Waals surface area contributed by atoms with E-state index in [1.165, 1.54) is 25.7 Å². The first-order valence-electron chi connectivity index (χ1n) is 11.5. The lowest BCUT2D eigenvalue weighted by Gasteiger charge is -2.26. The minimum atomic E-state index is -0.355. The van der Waals surface area contributed by atoms with Crippen molar-refractivity contribution in [2.24, 2.45) is 11.8 Å². The molecule has 3 aliphatic rings. The molecule has 166 valence electrons. The Morgan fingerprint density at radius 3 is 2.60 bits per heavy atom. The number of amides is 2. The van der Waals surface area contributed by atoms with E-state index < -0.39 is 0 Å². The lowest BCUT2D eigenvalue weighted by atomic mass is 9.80. The predicted octanol–water partition coefficient (Wildman–Crippen LogP) is 1.88. The summed E-state index contributed by atoms with van der Waals surface area (Å²) in [6.07, 6.45) is 6.47. The highest BCUT2D eigenvalue weighted by Crippen LogP contribution is 2.50. The summed E-state index contributed by atoms with van der Waals surface area (Å²) in [5, 5.41) is 7.28. The molecular formula is C22H35N5O3. The van der Waals surface area contributed by atoms with Crippen LogP contribution in [0.15, 0.2) is 4.52 Å². The van der Waals surface area contributed by atoms with Crippen LogP contribution in [0.4, 0.5) is 0 Å². The van der Waals surface area contributed by atoms with Crippen LogP contribution in [0.3, 0.4) is 0 Å². The molecule has 3 fully saturated rings. The summed E-state index contributed by atoms with van der Waals surface area (Å²) < 4.78 is 5.61. The van der Waals surface area contributed by atoms with Crippen molar-refractivity contribution in [1.82, 2.24) is 25.3 Å². The van der Waals surface area contributed by atoms with Gasteiger partial charge < -0.3 is 14.7 Å². The summed E-state index contributed by atoms with van der Waals surface area (Å²) >= 11 is 0. The van der Waals surface area contributed by atoms with E-state index in [9.17, 15) is 9.59 Å². The Hall–Kier alpha value is -1.96. The van der Waals surface area contributed by atoms with Crippen molar-refractivity contribution < 1.29 is 14.1 Å². The number of hydrogen-bond donors (Lipinski definition) is 1. The van der Waals surface area contributed by atoms with E-state index in [4.69, 9.17) is 4.52 Å². The first-order valence-corrected chi connectivity index (χ1v) is 11.5. The Morgan fingerprint density at radius 2 is 1.97 bits per heavy atom. The van der Waals surface area contributed by atoms with E-state index in [2.05, 4.69) is 20.4 Å². The van der Waals surface area contributed by atoms with Crippen LogP contribution in [0.1, 0.15) is 64.1 Å². The van der Waals surface area contributed by atoms with Crippen molar-refractivity contribution >= 4 is 11.8 Å². The summed E-state index contributed by atoms with van der Waals surface area (Å²) in [4.78, 5) is 34.2. The van der Waals surface area contributed by atoms with Gasteiger partial charge in [-0.3, -0.25) is 14.5 Å². The number of aromatic nitrogens is 2. The molecule has 1 N–H and O–H groups in total. The van der Waals surface area contributed by atoms with Gasteiger partial charge in [0.15, 0.2) is 5.82 Å². The fourth-order valence-corrected chi connectivity index (χ4v) is 5.62. The smallest absolute Gasteiger partial charge is 0.235 e. The summed E-state index contributed by atoms with van der Waals surface area (Å²) in [7, 11) is 0. The molecule has 2 saturated heterocycles. The zero-order valence-electron chi connectivity index (χ0n) is 18.5. The van der Waals surface area contributed by atoms with Crippen molar-refractivity contribution in [3.63, 3.8) is 0 Å². The molecule has 1 aromatic heterocycles. The molecule has 0 bridgehead atoms. The topological polar surface area (TPSA) is 91.6 Å². The van der Waals surface area contributed by atoms with Crippen LogP contribution < -0.4 is 5.32 Å². The number of fused-ring (bicyclic) bond motifs is 1. The van der Waals surface area contributed by atoms with E-state index >= 15 is 0 Å². The first-order chi connectivity index (χ1) is 14.4. The molecule has 0 radical (unpaired) electrons. The summed E-state index contributed by atoms with van der Waals surface area (Å²) in [6, 6.07) is 0.0815. The van der Waals surface area contributed by atoms with Crippen LogP contribution in [0.2, 0.25) is 0 Å². The average Bonchev–Trinajstić information content (AvgIpc) is 3.29. The number of nitrogens with zero attached hydrogens (tertiary/aromatic N) is 4. The zero-order chi connectivity index (χ0) is 21.3. The van der Waals surface area contributed by atoms with Gasteiger partial charge in [0.1, 0.15) is 0 Å². The van der Waals surface area contributed by atoms with Gasteiger partial charge >= 0.3 is 0 Å². The monoisotopic (exact) mass is 417 g/mol. The van der Waals surface area contributed by atoms with Crippen molar-refractivity contribution in [2.75, 3.05) is 32.7 Å². The first kappa shape index (κ1) is 21.3. The molecule has 3 heterocycles. The van der Waals surface area contributed by atoms with Crippen molar-refractivity contribution in [3.8, 4) is 0 Å². The van der Waals surface area contributed by atoms with Gasteiger partial charge in [-0.15, -0.1) is 0 Å². The average molecular weight is 418 g/mol. The summed E-state index contributed by atoms with van der Waals surface area (Å²) in [5.74, 6) is 1.70. The van der Waals surface area contributed by atoms with E-state index in [-0.39, 0.29) is 35.1 Å². The maximum Gasteiger partial charge on any atom is 0.235 e. The van der Waals surface area contributed by atoms with E-state index in [1.54, 1.807) is 0 Å². The molecule has 8 heteroatoms. The van der Waals surface area contributed by atoms with Gasteiger partial charge in [-0.25, -0.2) is 0 Å². The van der Waals surface area contributed by atoms with Gasteiger partial charge in [-0.1, -0.05) is 31.8 Å². The number of likely N-dealkylation sites (tertiary alicyclic amines) is 2.